The standard InChI is InChI=1S/C26H42F3NO2/c1-3-5-6-7-8-9-10-11-12-13-20-30(4-2)21-22-32-24-17-14-23(15-18-24)16-19-25(31)26(27,28)29/h14-15,17-18H,3-13,16,19-22H2,1-2H3. The maximum Gasteiger partial charge on any atom is 0.449 e. The van der Waals surface area contributed by atoms with E-state index in [2.05, 4.69) is 18.7 Å². The lowest BCUT2D eigenvalue weighted by atomic mass is 10.1. The number of ketones is 1. The molecule has 0 aliphatic carbocycles. The number of nitrogens with zero attached hydrogens (tertiary/aromatic N) is 1. The highest BCUT2D eigenvalue weighted by molar-refractivity contribution is 5.84. The molecule has 0 aliphatic rings. The quantitative estimate of drug-likeness (QED) is 0.203. The zero-order valence-electron chi connectivity index (χ0n) is 20.0. The Labute approximate surface area is 192 Å². The number of ether oxygens (including phenoxy) is 1. The van der Waals surface area contributed by atoms with Crippen molar-refractivity contribution >= 4 is 5.78 Å². The largest absolute Gasteiger partial charge is 0.492 e. The Bertz CT molecular complexity index is 602. The molecule has 0 bridgehead atoms. The van der Waals surface area contributed by atoms with E-state index in [1.54, 1.807) is 24.3 Å². The average molecular weight is 458 g/mol. The van der Waals surface area contributed by atoms with Gasteiger partial charge in [0, 0.05) is 13.0 Å². The van der Waals surface area contributed by atoms with Crippen LogP contribution in [-0.4, -0.2) is 43.1 Å². The molecule has 32 heavy (non-hydrogen) atoms. The van der Waals surface area contributed by atoms with Gasteiger partial charge in [0.15, 0.2) is 0 Å². The number of aryl methyl sites for hydroxylation is 1. The Morgan fingerprint density at radius 3 is 1.94 bits per heavy atom. The van der Waals surface area contributed by atoms with E-state index < -0.39 is 18.4 Å². The van der Waals surface area contributed by atoms with Crippen molar-refractivity contribution in [3.05, 3.63) is 29.8 Å². The summed E-state index contributed by atoms with van der Waals surface area (Å²) in [7, 11) is 0. The van der Waals surface area contributed by atoms with E-state index in [9.17, 15) is 18.0 Å². The van der Waals surface area contributed by atoms with Crippen LogP contribution in [0.3, 0.4) is 0 Å². The maximum absolute atomic E-state index is 12.3. The average Bonchev–Trinajstić information content (AvgIpc) is 2.77. The SMILES string of the molecule is CCCCCCCCCCCCN(CC)CCOc1ccc(CCC(=O)C(F)(F)F)cc1. The Morgan fingerprint density at radius 1 is 0.844 bits per heavy atom. The molecular formula is C26H42F3NO2. The van der Waals surface area contributed by atoms with Gasteiger partial charge in [-0.2, -0.15) is 13.2 Å². The smallest absolute Gasteiger partial charge is 0.449 e. The van der Waals surface area contributed by atoms with Gasteiger partial charge < -0.3 is 9.64 Å². The first-order valence-electron chi connectivity index (χ1n) is 12.4. The highest BCUT2D eigenvalue weighted by atomic mass is 19.4. The minimum Gasteiger partial charge on any atom is -0.492 e. The molecule has 0 saturated heterocycles. The van der Waals surface area contributed by atoms with Gasteiger partial charge in [-0.3, -0.25) is 4.79 Å². The van der Waals surface area contributed by atoms with E-state index >= 15 is 0 Å². The number of likely N-dealkylation sites (N-methyl/N-ethyl adjacent to an activating group) is 1. The van der Waals surface area contributed by atoms with Crippen LogP contribution in [0, 0.1) is 0 Å². The number of halogens is 3. The Morgan fingerprint density at radius 2 is 1.41 bits per heavy atom. The summed E-state index contributed by atoms with van der Waals surface area (Å²) in [5.41, 5.74) is 0.700. The van der Waals surface area contributed by atoms with Gasteiger partial charge in [0.1, 0.15) is 12.4 Å². The normalized spacial score (nSPS) is 11.8. The minimum absolute atomic E-state index is 0.0844. The second kappa shape index (κ2) is 17.0. The molecule has 1 aromatic rings. The highest BCUT2D eigenvalue weighted by Crippen LogP contribution is 2.20. The lowest BCUT2D eigenvalue weighted by Gasteiger charge is -2.20. The summed E-state index contributed by atoms with van der Waals surface area (Å²) in [6, 6.07) is 6.96. The van der Waals surface area contributed by atoms with Gasteiger partial charge in [0.2, 0.25) is 5.78 Å². The molecule has 0 fully saturated rings. The fourth-order valence-corrected chi connectivity index (χ4v) is 3.70. The minimum atomic E-state index is -4.75. The summed E-state index contributed by atoms with van der Waals surface area (Å²) < 4.78 is 42.6. The number of carbonyl (C=O) groups excluding carboxylic acids is 1. The first kappa shape index (κ1) is 28.5. The van der Waals surface area contributed by atoms with Crippen LogP contribution in [0.1, 0.15) is 90.0 Å². The number of hydrogen-bond acceptors (Lipinski definition) is 3. The summed E-state index contributed by atoms with van der Waals surface area (Å²) in [6.07, 6.45) is 8.19. The van der Waals surface area contributed by atoms with Crippen LogP contribution in [0.5, 0.6) is 5.75 Å². The van der Waals surface area contributed by atoms with Crippen molar-refractivity contribution in [1.82, 2.24) is 4.90 Å². The molecule has 0 N–H and O–H groups in total. The predicted molar refractivity (Wildman–Crippen MR) is 125 cm³/mol. The number of alkyl halides is 3. The zero-order chi connectivity index (χ0) is 23.7. The van der Waals surface area contributed by atoms with E-state index in [1.807, 2.05) is 0 Å². The second-order valence-electron chi connectivity index (χ2n) is 8.53. The fraction of sp³-hybridized carbons (Fsp3) is 0.731. The lowest BCUT2D eigenvalue weighted by molar-refractivity contribution is -0.171. The van der Waals surface area contributed by atoms with Crippen LogP contribution < -0.4 is 4.74 Å². The van der Waals surface area contributed by atoms with Crippen molar-refractivity contribution in [1.29, 1.82) is 0 Å². The predicted octanol–water partition coefficient (Wildman–Crippen LogP) is 7.37. The molecule has 0 unspecified atom stereocenters. The van der Waals surface area contributed by atoms with Crippen LogP contribution in [0.25, 0.3) is 0 Å². The van der Waals surface area contributed by atoms with E-state index in [1.165, 1.54) is 64.2 Å². The third kappa shape index (κ3) is 13.8. The van der Waals surface area contributed by atoms with Crippen LogP contribution in [-0.2, 0) is 11.2 Å². The summed E-state index contributed by atoms with van der Waals surface area (Å²) in [5, 5.41) is 0. The van der Waals surface area contributed by atoms with Gasteiger partial charge in [-0.15, -0.1) is 0 Å². The van der Waals surface area contributed by atoms with Gasteiger partial charge in [0.05, 0.1) is 0 Å². The monoisotopic (exact) mass is 457 g/mol. The Balaban J connectivity index is 2.12. The zero-order valence-corrected chi connectivity index (χ0v) is 20.0. The topological polar surface area (TPSA) is 29.5 Å². The molecular weight excluding hydrogens is 415 g/mol. The van der Waals surface area contributed by atoms with E-state index in [-0.39, 0.29) is 6.42 Å². The van der Waals surface area contributed by atoms with Crippen molar-refractivity contribution in [2.45, 2.75) is 97.1 Å². The summed E-state index contributed by atoms with van der Waals surface area (Å²) in [5.74, 6) is -0.981. The molecule has 1 aromatic carbocycles. The van der Waals surface area contributed by atoms with Gasteiger partial charge >= 0.3 is 6.18 Å². The molecule has 0 amide bonds. The van der Waals surface area contributed by atoms with E-state index in [4.69, 9.17) is 4.74 Å². The third-order valence-electron chi connectivity index (χ3n) is 5.83. The second-order valence-corrected chi connectivity index (χ2v) is 8.53. The van der Waals surface area contributed by atoms with E-state index in [0.29, 0.717) is 17.9 Å². The number of Topliss-reactive ketones (excluding diaryl/α,β-unsaturated/α-hetero) is 1. The molecule has 0 heterocycles. The van der Waals surface area contributed by atoms with Crippen molar-refractivity contribution in [2.75, 3.05) is 26.2 Å². The van der Waals surface area contributed by atoms with Gasteiger partial charge in [-0.1, -0.05) is 83.8 Å². The first-order chi connectivity index (χ1) is 15.4. The molecule has 0 saturated carbocycles. The van der Waals surface area contributed by atoms with Crippen LogP contribution in [0.4, 0.5) is 13.2 Å². The van der Waals surface area contributed by atoms with Crippen molar-refractivity contribution in [3.63, 3.8) is 0 Å². The van der Waals surface area contributed by atoms with Crippen molar-refractivity contribution < 1.29 is 22.7 Å². The van der Waals surface area contributed by atoms with Crippen LogP contribution in [0.2, 0.25) is 0 Å². The van der Waals surface area contributed by atoms with Crippen molar-refractivity contribution in [3.8, 4) is 5.75 Å². The van der Waals surface area contributed by atoms with Crippen LogP contribution >= 0.6 is 0 Å². The number of hydrogen-bond donors (Lipinski definition) is 0. The lowest BCUT2D eigenvalue weighted by Crippen LogP contribution is -2.29. The van der Waals surface area contributed by atoms with Crippen molar-refractivity contribution in [2.24, 2.45) is 0 Å². The molecule has 0 radical (unpaired) electrons. The van der Waals surface area contributed by atoms with Crippen LogP contribution in [0.15, 0.2) is 24.3 Å². The molecule has 0 spiro atoms. The molecule has 3 nitrogen and oxygen atoms in total. The third-order valence-corrected chi connectivity index (χ3v) is 5.83. The number of benzene rings is 1. The number of unbranched alkanes of at least 4 members (excludes halogenated alkanes) is 9. The Hall–Kier alpha value is -1.56. The molecule has 6 heteroatoms. The Kier molecular flexibility index (Phi) is 15.1. The number of carbonyl (C=O) groups is 1. The molecule has 0 aliphatic heterocycles. The van der Waals surface area contributed by atoms with Gasteiger partial charge in [-0.05, 0) is 43.6 Å². The fourth-order valence-electron chi connectivity index (χ4n) is 3.70. The summed E-state index contributed by atoms with van der Waals surface area (Å²) >= 11 is 0. The summed E-state index contributed by atoms with van der Waals surface area (Å²) in [4.78, 5) is 13.4. The molecule has 0 atom stereocenters. The molecule has 184 valence electrons. The van der Waals surface area contributed by atoms with E-state index in [0.717, 1.165) is 19.6 Å². The maximum atomic E-state index is 12.3. The summed E-state index contributed by atoms with van der Waals surface area (Å²) in [6.45, 7) is 7.93. The number of rotatable bonds is 19. The van der Waals surface area contributed by atoms with Gasteiger partial charge in [-0.25, -0.2) is 0 Å². The first-order valence-corrected chi connectivity index (χ1v) is 12.4. The highest BCUT2D eigenvalue weighted by Gasteiger charge is 2.37. The van der Waals surface area contributed by atoms with Gasteiger partial charge in [0.25, 0.3) is 0 Å². The molecule has 0 aromatic heterocycles. The molecule has 1 rings (SSSR count).